The number of thioether (sulfide) groups is 1. The third-order valence-corrected chi connectivity index (χ3v) is 5.55. The summed E-state index contributed by atoms with van der Waals surface area (Å²) in [6.07, 6.45) is 1.70. The quantitative estimate of drug-likeness (QED) is 0.527. The molecule has 3 rings (SSSR count). The first-order chi connectivity index (χ1) is 14.0. The molecule has 0 spiro atoms. The molecule has 6 nitrogen and oxygen atoms in total. The van der Waals surface area contributed by atoms with E-state index < -0.39 is 12.0 Å². The van der Waals surface area contributed by atoms with E-state index in [2.05, 4.69) is 17.2 Å². The Morgan fingerprint density at radius 3 is 2.59 bits per heavy atom. The number of nitrogens with zero attached hydrogens (tertiary/aromatic N) is 2. The van der Waals surface area contributed by atoms with Gasteiger partial charge in [-0.1, -0.05) is 55.1 Å². The van der Waals surface area contributed by atoms with Gasteiger partial charge in [-0.15, -0.1) is 0 Å². The van der Waals surface area contributed by atoms with E-state index in [1.165, 1.54) is 0 Å². The van der Waals surface area contributed by atoms with Crippen LogP contribution in [0.15, 0.2) is 59.9 Å². The first-order valence-electron chi connectivity index (χ1n) is 9.43. The predicted octanol–water partition coefficient (Wildman–Crippen LogP) is 2.75. The van der Waals surface area contributed by atoms with E-state index >= 15 is 0 Å². The highest BCUT2D eigenvalue weighted by Gasteiger charge is 2.15. The number of hydrogen-bond donors (Lipinski definition) is 2. The lowest BCUT2D eigenvalue weighted by Gasteiger charge is -2.23. The standard InChI is InChI=1S/C22H25N3O3S/c1-3-29-22-23-12-18(14-26)25(22)13-16-8-10-17(11-9-16)24-20(21(27)28)19-7-5-4-6-15(19)2/h4-12,20,24,26H,3,13-14H2,1-2H3,(H,27,28)/p-1. The summed E-state index contributed by atoms with van der Waals surface area (Å²) in [5.74, 6) is -0.274. The van der Waals surface area contributed by atoms with Crippen molar-refractivity contribution >= 4 is 23.4 Å². The topological polar surface area (TPSA) is 90.2 Å². The normalized spacial score (nSPS) is 12.0. The summed E-state index contributed by atoms with van der Waals surface area (Å²) in [5, 5.41) is 25.2. The van der Waals surface area contributed by atoms with E-state index in [0.717, 1.165) is 27.7 Å². The van der Waals surface area contributed by atoms with Crippen molar-refractivity contribution < 1.29 is 15.0 Å². The van der Waals surface area contributed by atoms with Gasteiger partial charge in [-0.05, 0) is 41.5 Å². The maximum absolute atomic E-state index is 11.7. The van der Waals surface area contributed by atoms with Crippen LogP contribution >= 0.6 is 11.8 Å². The van der Waals surface area contributed by atoms with Gasteiger partial charge in [0, 0.05) is 12.2 Å². The van der Waals surface area contributed by atoms with Crippen molar-refractivity contribution in [3.8, 4) is 0 Å². The maximum atomic E-state index is 11.7. The zero-order chi connectivity index (χ0) is 20.8. The number of carboxylic acids is 1. The molecule has 2 N–H and O–H groups in total. The second-order valence-electron chi connectivity index (χ2n) is 6.66. The van der Waals surface area contributed by atoms with Gasteiger partial charge in [-0.25, -0.2) is 4.98 Å². The number of carbonyl (C=O) groups is 1. The molecule has 0 aliphatic heterocycles. The van der Waals surface area contributed by atoms with E-state index in [0.29, 0.717) is 17.8 Å². The fourth-order valence-electron chi connectivity index (χ4n) is 3.16. The number of aliphatic carboxylic acids is 1. The molecule has 29 heavy (non-hydrogen) atoms. The molecule has 3 aromatic rings. The lowest BCUT2D eigenvalue weighted by atomic mass is 10.0. The van der Waals surface area contributed by atoms with E-state index in [-0.39, 0.29) is 6.61 Å². The third kappa shape index (κ3) is 4.99. The molecule has 0 aliphatic carbocycles. The number of aryl methyl sites for hydroxylation is 1. The van der Waals surface area contributed by atoms with Crippen LogP contribution in [0.4, 0.5) is 5.69 Å². The molecule has 152 valence electrons. The highest BCUT2D eigenvalue weighted by atomic mass is 32.2. The van der Waals surface area contributed by atoms with Crippen LogP contribution in [-0.2, 0) is 17.9 Å². The molecule has 2 aromatic carbocycles. The SMILES string of the molecule is CCSc1ncc(CO)n1Cc1ccc(NC(C(=O)[O-])c2ccccc2C)cc1. The Kier molecular flexibility index (Phi) is 6.95. The fourth-order valence-corrected chi connectivity index (χ4v) is 3.88. The van der Waals surface area contributed by atoms with Crippen LogP contribution in [0, 0.1) is 6.92 Å². The number of anilines is 1. The summed E-state index contributed by atoms with van der Waals surface area (Å²) in [6.45, 7) is 4.46. The second kappa shape index (κ2) is 9.62. The monoisotopic (exact) mass is 410 g/mol. The average molecular weight is 411 g/mol. The number of aliphatic hydroxyl groups is 1. The van der Waals surface area contributed by atoms with Gasteiger partial charge in [0.2, 0.25) is 0 Å². The number of carboxylic acid groups (broad SMARTS) is 1. The number of hydrogen-bond acceptors (Lipinski definition) is 6. The molecule has 1 atom stereocenters. The van der Waals surface area contributed by atoms with Crippen molar-refractivity contribution in [2.24, 2.45) is 0 Å². The first-order valence-corrected chi connectivity index (χ1v) is 10.4. The molecule has 0 amide bonds. The Morgan fingerprint density at radius 1 is 1.24 bits per heavy atom. The van der Waals surface area contributed by atoms with Crippen molar-refractivity contribution in [2.45, 2.75) is 38.2 Å². The molecule has 0 saturated carbocycles. The number of nitrogens with one attached hydrogen (secondary N) is 1. The second-order valence-corrected chi connectivity index (χ2v) is 7.89. The largest absolute Gasteiger partial charge is 0.548 e. The highest BCUT2D eigenvalue weighted by Crippen LogP contribution is 2.24. The van der Waals surface area contributed by atoms with Crippen molar-refractivity contribution in [1.82, 2.24) is 9.55 Å². The van der Waals surface area contributed by atoms with E-state index in [4.69, 9.17) is 0 Å². The summed E-state index contributed by atoms with van der Waals surface area (Å²) in [4.78, 5) is 16.1. The van der Waals surface area contributed by atoms with Gasteiger partial charge in [-0.2, -0.15) is 0 Å². The molecule has 0 aliphatic rings. The van der Waals surface area contributed by atoms with Gasteiger partial charge in [-0.3, -0.25) is 0 Å². The molecule has 0 radical (unpaired) electrons. The van der Waals surface area contributed by atoms with Gasteiger partial charge in [0.25, 0.3) is 0 Å². The van der Waals surface area contributed by atoms with E-state index in [1.807, 2.05) is 54.0 Å². The van der Waals surface area contributed by atoms with Gasteiger partial charge in [0.1, 0.15) is 0 Å². The molecule has 1 heterocycles. The lowest BCUT2D eigenvalue weighted by Crippen LogP contribution is -2.34. The number of rotatable bonds is 9. The zero-order valence-electron chi connectivity index (χ0n) is 16.5. The number of benzene rings is 2. The molecule has 0 saturated heterocycles. The average Bonchev–Trinajstić information content (AvgIpc) is 3.09. The molecule has 1 aromatic heterocycles. The molecule has 7 heteroatoms. The Bertz CT molecular complexity index is 970. The minimum absolute atomic E-state index is 0.0688. The minimum atomic E-state index is -1.17. The van der Waals surface area contributed by atoms with Crippen LogP contribution in [0.5, 0.6) is 0 Å². The number of carbonyl (C=O) groups excluding carboxylic acids is 1. The Labute approximate surface area is 174 Å². The molecular weight excluding hydrogens is 386 g/mol. The Morgan fingerprint density at radius 2 is 1.97 bits per heavy atom. The summed E-state index contributed by atoms with van der Waals surface area (Å²) in [7, 11) is 0. The van der Waals surface area contributed by atoms with Gasteiger partial charge < -0.3 is 24.9 Å². The Balaban J connectivity index is 1.77. The smallest absolute Gasteiger partial charge is 0.168 e. The van der Waals surface area contributed by atoms with Crippen molar-refractivity contribution in [3.05, 3.63) is 77.1 Å². The maximum Gasteiger partial charge on any atom is 0.168 e. The lowest BCUT2D eigenvalue weighted by molar-refractivity contribution is -0.307. The van der Waals surface area contributed by atoms with Crippen LogP contribution in [-0.4, -0.2) is 26.4 Å². The van der Waals surface area contributed by atoms with Crippen LogP contribution in [0.25, 0.3) is 0 Å². The number of aromatic nitrogens is 2. The van der Waals surface area contributed by atoms with E-state index in [1.54, 1.807) is 24.0 Å². The van der Waals surface area contributed by atoms with Crippen LogP contribution in [0.1, 0.15) is 35.3 Å². The van der Waals surface area contributed by atoms with Crippen LogP contribution in [0.3, 0.4) is 0 Å². The van der Waals surface area contributed by atoms with Crippen molar-refractivity contribution in [3.63, 3.8) is 0 Å². The minimum Gasteiger partial charge on any atom is -0.548 e. The van der Waals surface area contributed by atoms with Crippen molar-refractivity contribution in [1.29, 1.82) is 0 Å². The highest BCUT2D eigenvalue weighted by molar-refractivity contribution is 7.99. The number of aliphatic hydroxyl groups excluding tert-OH is 1. The van der Waals surface area contributed by atoms with Gasteiger partial charge in [0.15, 0.2) is 5.16 Å². The Hall–Kier alpha value is -2.77. The first kappa shape index (κ1) is 21.0. The van der Waals surface area contributed by atoms with Gasteiger partial charge in [0.05, 0.1) is 30.5 Å². The molecule has 0 bridgehead atoms. The summed E-state index contributed by atoms with van der Waals surface area (Å²) in [6, 6.07) is 14.0. The summed E-state index contributed by atoms with van der Waals surface area (Å²) >= 11 is 1.63. The molecular formula is C22H24N3O3S-. The predicted molar refractivity (Wildman–Crippen MR) is 113 cm³/mol. The van der Waals surface area contributed by atoms with Gasteiger partial charge >= 0.3 is 0 Å². The number of imidazole rings is 1. The zero-order valence-corrected chi connectivity index (χ0v) is 17.3. The summed E-state index contributed by atoms with van der Waals surface area (Å²) < 4.78 is 1.99. The van der Waals surface area contributed by atoms with E-state index in [9.17, 15) is 15.0 Å². The third-order valence-electron chi connectivity index (χ3n) is 4.68. The molecule has 0 fully saturated rings. The summed E-state index contributed by atoms with van der Waals surface area (Å²) in [5.41, 5.74) is 4.07. The van der Waals surface area contributed by atoms with Crippen molar-refractivity contribution in [2.75, 3.05) is 11.1 Å². The fraction of sp³-hybridized carbons (Fsp3) is 0.273. The van der Waals surface area contributed by atoms with Crippen LogP contribution < -0.4 is 10.4 Å². The molecule has 1 unspecified atom stereocenters. The van der Waals surface area contributed by atoms with Crippen LogP contribution in [0.2, 0.25) is 0 Å².